The Morgan fingerprint density at radius 3 is 1.67 bits per heavy atom. The van der Waals surface area contributed by atoms with E-state index in [0.717, 1.165) is 12.0 Å². The minimum atomic E-state index is -3.80. The number of amides is 2. The van der Waals surface area contributed by atoms with Crippen LogP contribution in [0.15, 0.2) is 53.4 Å². The lowest BCUT2D eigenvalue weighted by atomic mass is 10.1. The number of carbonyl (C=O) groups is 2. The van der Waals surface area contributed by atoms with Gasteiger partial charge in [0.1, 0.15) is 0 Å². The van der Waals surface area contributed by atoms with Gasteiger partial charge in [-0.15, -0.1) is 0 Å². The van der Waals surface area contributed by atoms with Crippen LogP contribution in [0, 0.1) is 0 Å². The van der Waals surface area contributed by atoms with Gasteiger partial charge in [0.25, 0.3) is 0 Å². The van der Waals surface area contributed by atoms with Gasteiger partial charge < -0.3 is 10.6 Å². The highest BCUT2D eigenvalue weighted by Gasteiger charge is 2.14. The number of primary sulfonamides is 1. The molecule has 24 heavy (non-hydrogen) atoms. The number of nitrogens with one attached hydrogen (secondary N) is 2. The number of sulfonamides is 1. The number of carbonyl (C=O) groups excluding carboxylic acids is 2. The molecule has 0 saturated carbocycles. The van der Waals surface area contributed by atoms with E-state index in [4.69, 9.17) is 5.14 Å². The lowest BCUT2D eigenvalue weighted by Gasteiger charge is -2.07. The van der Waals surface area contributed by atoms with Gasteiger partial charge >= 0.3 is 11.8 Å². The summed E-state index contributed by atoms with van der Waals surface area (Å²) >= 11 is 0. The number of hydrogen-bond acceptors (Lipinski definition) is 4. The van der Waals surface area contributed by atoms with Gasteiger partial charge in [-0.3, -0.25) is 9.59 Å². The van der Waals surface area contributed by atoms with Crippen molar-refractivity contribution in [2.75, 3.05) is 10.6 Å². The minimum Gasteiger partial charge on any atom is -0.318 e. The van der Waals surface area contributed by atoms with Crippen molar-refractivity contribution < 1.29 is 18.0 Å². The molecule has 0 unspecified atom stereocenters. The Bertz CT molecular complexity index is 844. The van der Waals surface area contributed by atoms with Crippen LogP contribution in [0.3, 0.4) is 0 Å². The van der Waals surface area contributed by atoms with Crippen molar-refractivity contribution in [2.24, 2.45) is 5.14 Å². The van der Waals surface area contributed by atoms with Crippen molar-refractivity contribution in [3.8, 4) is 0 Å². The molecule has 8 heteroatoms. The highest BCUT2D eigenvalue weighted by molar-refractivity contribution is 7.89. The predicted octanol–water partition coefficient (Wildman–Crippen LogP) is 1.47. The summed E-state index contributed by atoms with van der Waals surface area (Å²) in [5, 5.41) is 9.84. The third-order valence-electron chi connectivity index (χ3n) is 3.27. The lowest BCUT2D eigenvalue weighted by molar-refractivity contribution is -0.132. The maximum Gasteiger partial charge on any atom is 0.314 e. The van der Waals surface area contributed by atoms with E-state index in [-0.39, 0.29) is 10.6 Å². The van der Waals surface area contributed by atoms with Crippen LogP contribution in [0.4, 0.5) is 11.4 Å². The van der Waals surface area contributed by atoms with Gasteiger partial charge in [0.05, 0.1) is 4.90 Å². The van der Waals surface area contributed by atoms with Crippen LogP contribution in [0.5, 0.6) is 0 Å². The van der Waals surface area contributed by atoms with E-state index in [1.165, 1.54) is 24.3 Å². The Morgan fingerprint density at radius 2 is 1.29 bits per heavy atom. The molecule has 126 valence electrons. The Morgan fingerprint density at radius 1 is 0.875 bits per heavy atom. The first-order valence-corrected chi connectivity index (χ1v) is 8.68. The Labute approximate surface area is 139 Å². The number of aryl methyl sites for hydroxylation is 1. The summed E-state index contributed by atoms with van der Waals surface area (Å²) in [4.78, 5) is 23.6. The zero-order valence-electron chi connectivity index (χ0n) is 12.9. The fraction of sp³-hybridized carbons (Fsp3) is 0.125. The van der Waals surface area contributed by atoms with Crippen molar-refractivity contribution in [3.05, 3.63) is 54.1 Å². The molecule has 0 atom stereocenters. The zero-order valence-corrected chi connectivity index (χ0v) is 13.8. The van der Waals surface area contributed by atoms with E-state index in [1.54, 1.807) is 12.1 Å². The third kappa shape index (κ3) is 4.64. The molecule has 0 aromatic heterocycles. The highest BCUT2D eigenvalue weighted by atomic mass is 32.2. The summed E-state index contributed by atoms with van der Waals surface area (Å²) in [6.45, 7) is 2.02. The van der Waals surface area contributed by atoms with Gasteiger partial charge in [0, 0.05) is 11.4 Å². The second-order valence-electron chi connectivity index (χ2n) is 5.03. The van der Waals surface area contributed by atoms with Gasteiger partial charge in [-0.2, -0.15) is 0 Å². The average Bonchev–Trinajstić information content (AvgIpc) is 2.55. The van der Waals surface area contributed by atoms with Gasteiger partial charge in [-0.05, 0) is 48.4 Å². The maximum absolute atomic E-state index is 11.9. The molecule has 2 amide bonds. The molecule has 2 rings (SSSR count). The van der Waals surface area contributed by atoms with Crippen LogP contribution >= 0.6 is 0 Å². The van der Waals surface area contributed by atoms with E-state index in [2.05, 4.69) is 10.6 Å². The smallest absolute Gasteiger partial charge is 0.314 e. The molecular weight excluding hydrogens is 330 g/mol. The first kappa shape index (κ1) is 17.6. The summed E-state index contributed by atoms with van der Waals surface area (Å²) in [6.07, 6.45) is 0.878. The number of nitrogens with two attached hydrogens (primary N) is 1. The van der Waals surface area contributed by atoms with E-state index in [0.29, 0.717) is 5.69 Å². The Hall–Kier alpha value is -2.71. The quantitative estimate of drug-likeness (QED) is 0.726. The molecule has 0 radical (unpaired) electrons. The van der Waals surface area contributed by atoms with E-state index < -0.39 is 21.8 Å². The van der Waals surface area contributed by atoms with Gasteiger partial charge in [-0.25, -0.2) is 13.6 Å². The Balaban J connectivity index is 1.99. The van der Waals surface area contributed by atoms with Gasteiger partial charge in [-0.1, -0.05) is 19.1 Å². The predicted molar refractivity (Wildman–Crippen MR) is 90.9 cm³/mol. The number of benzene rings is 2. The molecule has 0 saturated heterocycles. The highest BCUT2D eigenvalue weighted by Crippen LogP contribution is 2.13. The molecule has 7 nitrogen and oxygen atoms in total. The SMILES string of the molecule is CCc1ccc(NC(=O)C(=O)Nc2ccc(S(N)(=O)=O)cc2)cc1. The topological polar surface area (TPSA) is 118 Å². The van der Waals surface area contributed by atoms with E-state index in [9.17, 15) is 18.0 Å². The number of rotatable bonds is 4. The number of hydrogen-bond donors (Lipinski definition) is 3. The molecule has 0 aliphatic carbocycles. The molecule has 0 aliphatic heterocycles. The summed E-state index contributed by atoms with van der Waals surface area (Å²) in [5.74, 6) is -1.69. The molecule has 0 spiro atoms. The average molecular weight is 347 g/mol. The Kier molecular flexibility index (Phi) is 5.32. The first-order valence-electron chi connectivity index (χ1n) is 7.13. The molecule has 0 aliphatic rings. The standard InChI is InChI=1S/C16H17N3O4S/c1-2-11-3-5-12(6-4-11)18-15(20)16(21)19-13-7-9-14(10-8-13)24(17,22)23/h3-10H,2H2,1H3,(H,18,20)(H,19,21)(H2,17,22,23). The van der Waals surface area contributed by atoms with Crippen LogP contribution in [0.25, 0.3) is 0 Å². The summed E-state index contributed by atoms with van der Waals surface area (Å²) in [5.41, 5.74) is 1.91. The summed E-state index contributed by atoms with van der Waals surface area (Å²) in [6, 6.07) is 12.3. The molecule has 0 fully saturated rings. The van der Waals surface area contributed by atoms with Crippen LogP contribution in [-0.2, 0) is 26.0 Å². The normalized spacial score (nSPS) is 10.9. The monoisotopic (exact) mass is 347 g/mol. The second kappa shape index (κ2) is 7.24. The van der Waals surface area contributed by atoms with Crippen LogP contribution in [-0.4, -0.2) is 20.2 Å². The van der Waals surface area contributed by atoms with Crippen molar-refractivity contribution in [1.29, 1.82) is 0 Å². The fourth-order valence-electron chi connectivity index (χ4n) is 1.93. The zero-order chi connectivity index (χ0) is 17.7. The van der Waals surface area contributed by atoms with Crippen LogP contribution < -0.4 is 15.8 Å². The van der Waals surface area contributed by atoms with Gasteiger partial charge in [0.2, 0.25) is 10.0 Å². The lowest BCUT2D eigenvalue weighted by Crippen LogP contribution is -2.29. The first-order chi connectivity index (χ1) is 11.3. The molecule has 2 aromatic rings. The van der Waals surface area contributed by atoms with Crippen molar-refractivity contribution in [2.45, 2.75) is 18.2 Å². The van der Waals surface area contributed by atoms with Crippen molar-refractivity contribution in [3.63, 3.8) is 0 Å². The van der Waals surface area contributed by atoms with Crippen molar-refractivity contribution >= 4 is 33.2 Å². The molecular formula is C16H17N3O4S. The second-order valence-corrected chi connectivity index (χ2v) is 6.59. The largest absolute Gasteiger partial charge is 0.318 e. The molecule has 0 bridgehead atoms. The van der Waals surface area contributed by atoms with Crippen molar-refractivity contribution in [1.82, 2.24) is 0 Å². The maximum atomic E-state index is 11.9. The van der Waals surface area contributed by atoms with E-state index in [1.807, 2.05) is 19.1 Å². The molecule has 2 aromatic carbocycles. The minimum absolute atomic E-state index is 0.0824. The van der Waals surface area contributed by atoms with Crippen LogP contribution in [0.1, 0.15) is 12.5 Å². The molecule has 4 N–H and O–H groups in total. The summed E-state index contributed by atoms with van der Waals surface area (Å²) < 4.78 is 22.3. The van der Waals surface area contributed by atoms with Gasteiger partial charge in [0.15, 0.2) is 0 Å². The number of anilines is 2. The summed E-state index contributed by atoms with van der Waals surface area (Å²) in [7, 11) is -3.80. The third-order valence-corrected chi connectivity index (χ3v) is 4.20. The fourth-order valence-corrected chi connectivity index (χ4v) is 2.44. The van der Waals surface area contributed by atoms with E-state index >= 15 is 0 Å². The molecule has 0 heterocycles. The van der Waals surface area contributed by atoms with Crippen LogP contribution in [0.2, 0.25) is 0 Å².